The van der Waals surface area contributed by atoms with Crippen LogP contribution in [0.1, 0.15) is 78.5 Å². The first-order valence-electron chi connectivity index (χ1n) is 14.1. The van der Waals surface area contributed by atoms with Gasteiger partial charge in [0.25, 0.3) is 5.91 Å². The molecule has 13 heteroatoms. The molecule has 5 rings (SSSR count). The van der Waals surface area contributed by atoms with Crippen LogP contribution in [0.2, 0.25) is 10.0 Å². The van der Waals surface area contributed by atoms with Gasteiger partial charge >= 0.3 is 5.97 Å². The minimum Gasteiger partial charge on any atom is -0.477 e. The van der Waals surface area contributed by atoms with Crippen LogP contribution in [0.3, 0.4) is 0 Å². The van der Waals surface area contributed by atoms with Crippen LogP contribution in [0.25, 0.3) is 0 Å². The molecule has 2 fully saturated rings. The van der Waals surface area contributed by atoms with E-state index >= 15 is 4.39 Å². The summed E-state index contributed by atoms with van der Waals surface area (Å²) in [6.45, 7) is 6.48. The smallest absolute Gasteiger partial charge is 0.347 e. The lowest BCUT2D eigenvalue weighted by atomic mass is 9.85. The number of amides is 1. The Kier molecular flexibility index (Phi) is 8.94. The maximum absolute atomic E-state index is 15.0. The lowest BCUT2D eigenvalue weighted by molar-refractivity contribution is -0.202. The maximum atomic E-state index is 15.0. The highest BCUT2D eigenvalue weighted by Gasteiger charge is 2.56. The first-order valence-corrected chi connectivity index (χ1v) is 17.3. The second-order valence-electron chi connectivity index (χ2n) is 12.6. The first kappa shape index (κ1) is 32.8. The van der Waals surface area contributed by atoms with Crippen molar-refractivity contribution in [2.75, 3.05) is 5.75 Å². The molecular formula is C31H33Cl2FN2O6S2. The normalized spacial score (nSPS) is 23.5. The lowest BCUT2D eigenvalue weighted by Crippen LogP contribution is -2.62. The number of thiazole rings is 1. The van der Waals surface area contributed by atoms with Gasteiger partial charge in [-0.15, -0.1) is 11.3 Å². The molecule has 1 saturated heterocycles. The van der Waals surface area contributed by atoms with Crippen molar-refractivity contribution in [3.05, 3.63) is 85.5 Å². The van der Waals surface area contributed by atoms with E-state index in [-0.39, 0.29) is 28.0 Å². The number of benzene rings is 2. The third kappa shape index (κ3) is 6.53. The summed E-state index contributed by atoms with van der Waals surface area (Å²) in [4.78, 5) is 32.2. The summed E-state index contributed by atoms with van der Waals surface area (Å²) in [5.74, 6) is -2.72. The second kappa shape index (κ2) is 12.0. The van der Waals surface area contributed by atoms with Crippen LogP contribution < -0.4 is 0 Å². The molecule has 2 aromatic carbocycles. The van der Waals surface area contributed by atoms with Crippen molar-refractivity contribution in [1.29, 1.82) is 0 Å². The minimum absolute atomic E-state index is 0.0109. The summed E-state index contributed by atoms with van der Waals surface area (Å²) in [6, 6.07) is 9.50. The van der Waals surface area contributed by atoms with E-state index in [9.17, 15) is 23.1 Å². The van der Waals surface area contributed by atoms with E-state index in [4.69, 9.17) is 27.9 Å². The zero-order chi connectivity index (χ0) is 32.2. The number of rotatable bonds is 9. The number of morpholine rings is 1. The minimum atomic E-state index is -3.71. The Balaban J connectivity index is 1.71. The van der Waals surface area contributed by atoms with Crippen molar-refractivity contribution in [2.24, 2.45) is 5.92 Å². The molecule has 0 bridgehead atoms. The van der Waals surface area contributed by atoms with Crippen molar-refractivity contribution in [1.82, 2.24) is 9.88 Å². The molecule has 0 spiro atoms. The van der Waals surface area contributed by atoms with E-state index in [1.54, 1.807) is 62.9 Å². The lowest BCUT2D eigenvalue weighted by Gasteiger charge is -2.52. The largest absolute Gasteiger partial charge is 0.477 e. The molecule has 3 aromatic rings. The summed E-state index contributed by atoms with van der Waals surface area (Å²) >= 11 is 13.4. The number of carbonyl (C=O) groups excluding carboxylic acids is 1. The van der Waals surface area contributed by atoms with Gasteiger partial charge in [0.15, 0.2) is 15.4 Å². The van der Waals surface area contributed by atoms with Gasteiger partial charge in [-0.3, -0.25) is 4.79 Å². The highest BCUT2D eigenvalue weighted by Crippen LogP contribution is 2.51. The van der Waals surface area contributed by atoms with E-state index in [0.717, 1.165) is 24.2 Å². The van der Waals surface area contributed by atoms with E-state index < -0.39 is 56.1 Å². The van der Waals surface area contributed by atoms with Gasteiger partial charge in [0, 0.05) is 17.5 Å². The summed E-state index contributed by atoms with van der Waals surface area (Å²) in [6.07, 6.45) is 1.71. The van der Waals surface area contributed by atoms with E-state index in [1.165, 1.54) is 18.3 Å². The molecule has 44 heavy (non-hydrogen) atoms. The number of aromatic nitrogens is 1. The number of ether oxygens (including phenoxy) is 1. The average Bonchev–Trinajstić information content (AvgIpc) is 3.67. The van der Waals surface area contributed by atoms with Gasteiger partial charge in [-0.2, -0.15) is 0 Å². The maximum Gasteiger partial charge on any atom is 0.347 e. The van der Waals surface area contributed by atoms with E-state index in [0.29, 0.717) is 21.2 Å². The number of aromatic carboxylic acids is 1. The molecular weight excluding hydrogens is 650 g/mol. The quantitative estimate of drug-likeness (QED) is 0.261. The van der Waals surface area contributed by atoms with Crippen LogP contribution in [-0.2, 0) is 25.8 Å². The van der Waals surface area contributed by atoms with Gasteiger partial charge in [-0.25, -0.2) is 22.6 Å². The molecule has 1 saturated carbocycles. The van der Waals surface area contributed by atoms with Gasteiger partial charge in [0.2, 0.25) is 0 Å². The van der Waals surface area contributed by atoms with Crippen molar-refractivity contribution in [2.45, 2.75) is 75.5 Å². The van der Waals surface area contributed by atoms with Crippen molar-refractivity contribution >= 4 is 56.3 Å². The molecule has 236 valence electrons. The van der Waals surface area contributed by atoms with Crippen LogP contribution in [0, 0.1) is 11.7 Å². The predicted octanol–water partition coefficient (Wildman–Crippen LogP) is 6.92. The average molecular weight is 684 g/mol. The summed E-state index contributed by atoms with van der Waals surface area (Å²) in [5.41, 5.74) is -0.602. The van der Waals surface area contributed by atoms with Gasteiger partial charge in [-0.1, -0.05) is 41.4 Å². The number of sulfone groups is 1. The zero-order valence-corrected chi connectivity index (χ0v) is 27.7. The molecule has 1 aromatic heterocycles. The molecule has 2 heterocycles. The highest BCUT2D eigenvalue weighted by atomic mass is 35.5. The van der Waals surface area contributed by atoms with Crippen LogP contribution >= 0.6 is 34.5 Å². The number of hydrogen-bond donors (Lipinski definition) is 1. The SMILES string of the molecule is CC(C)(C)S(=O)(=O)CC(C1CC1)N1C(=O)[C@@](C)(Cc2ncc(C(=O)O)s2)OC(c2cccc(Cl)c2)C1c1ccc(Cl)c(F)c1. The molecule has 4 atom stereocenters. The summed E-state index contributed by atoms with van der Waals surface area (Å²) in [7, 11) is -3.71. The third-order valence-corrected chi connectivity index (χ3v) is 12.4. The molecule has 3 unspecified atom stereocenters. The Morgan fingerprint density at radius 2 is 1.91 bits per heavy atom. The first-order chi connectivity index (χ1) is 20.5. The number of nitrogens with zero attached hydrogens (tertiary/aromatic N) is 2. The molecule has 0 radical (unpaired) electrons. The number of carboxylic acids is 1. The fourth-order valence-corrected chi connectivity index (χ4v) is 8.16. The summed E-state index contributed by atoms with van der Waals surface area (Å²) in [5, 5.41) is 10.1. The van der Waals surface area contributed by atoms with E-state index in [1.807, 2.05) is 0 Å². The third-order valence-electron chi connectivity index (χ3n) is 8.22. The standard InChI is InChI=1S/C31H33Cl2FN2O6S2/c1-30(2,3)44(40,41)16-23(17-8-9-17)36-26(18-10-11-21(33)22(34)13-18)27(19-6-5-7-20(32)12-19)42-31(4,29(36)39)14-25-35-15-24(43-25)28(37)38/h5-7,10-13,15,17,23,26-27H,8-9,14,16H2,1-4H3,(H,37,38)/t23?,26?,27?,31-/m1/s1. The molecule has 1 amide bonds. The highest BCUT2D eigenvalue weighted by molar-refractivity contribution is 7.92. The Morgan fingerprint density at radius 3 is 2.48 bits per heavy atom. The van der Waals surface area contributed by atoms with E-state index in [2.05, 4.69) is 4.98 Å². The molecule has 1 aliphatic carbocycles. The fraction of sp³-hybridized carbons (Fsp3) is 0.452. The van der Waals surface area contributed by atoms with Gasteiger partial charge in [0.1, 0.15) is 16.8 Å². The molecule has 1 N–H and O–H groups in total. The molecule has 8 nitrogen and oxygen atoms in total. The van der Waals surface area contributed by atoms with Crippen molar-refractivity contribution in [3.63, 3.8) is 0 Å². The summed E-state index contributed by atoms with van der Waals surface area (Å²) < 4.78 is 48.0. The number of carboxylic acid groups (broad SMARTS) is 1. The van der Waals surface area contributed by atoms with Crippen LogP contribution in [0.4, 0.5) is 4.39 Å². The number of halogens is 3. The predicted molar refractivity (Wildman–Crippen MR) is 168 cm³/mol. The second-order valence-corrected chi connectivity index (χ2v) is 17.3. The Labute approximate surface area is 270 Å². The Hall–Kier alpha value is -2.57. The monoisotopic (exact) mass is 682 g/mol. The van der Waals surface area contributed by atoms with Gasteiger partial charge in [0.05, 0.1) is 32.8 Å². The topological polar surface area (TPSA) is 114 Å². The Morgan fingerprint density at radius 1 is 1.20 bits per heavy atom. The van der Waals surface area contributed by atoms with Crippen LogP contribution in [0.5, 0.6) is 0 Å². The van der Waals surface area contributed by atoms with Crippen molar-refractivity contribution in [3.8, 4) is 0 Å². The molecule has 1 aliphatic heterocycles. The zero-order valence-electron chi connectivity index (χ0n) is 24.6. The van der Waals surface area contributed by atoms with Gasteiger partial charge in [-0.05, 0) is 81.8 Å². The number of hydrogen-bond acceptors (Lipinski definition) is 7. The van der Waals surface area contributed by atoms with Crippen molar-refractivity contribution < 1.29 is 32.2 Å². The molecule has 2 aliphatic rings. The van der Waals surface area contributed by atoms with Gasteiger partial charge < -0.3 is 14.7 Å². The Bertz CT molecular complexity index is 1700. The number of carbonyl (C=O) groups is 2. The van der Waals surface area contributed by atoms with Crippen LogP contribution in [-0.4, -0.2) is 57.4 Å². The fourth-order valence-electron chi connectivity index (χ4n) is 5.56. The van der Waals surface area contributed by atoms with Crippen LogP contribution in [0.15, 0.2) is 48.7 Å².